The molecule has 0 unspecified atom stereocenters. The number of aromatic hydroxyl groups is 1. The lowest BCUT2D eigenvalue weighted by molar-refractivity contribution is 0.370. The van der Waals surface area contributed by atoms with Crippen LogP contribution in [0.3, 0.4) is 0 Å². The van der Waals surface area contributed by atoms with Crippen LogP contribution < -0.4 is 15.4 Å². The molecule has 0 bridgehead atoms. The number of hydrogen-bond donors (Lipinski definition) is 3. The molecule has 138 valence electrons. The first-order valence-corrected chi connectivity index (χ1v) is 7.85. The number of phenols is 1. The van der Waals surface area contributed by atoms with Crippen molar-refractivity contribution in [3.63, 3.8) is 0 Å². The molecule has 2 aromatic rings. The third kappa shape index (κ3) is 6.07. The molecule has 0 fully saturated rings. The fourth-order valence-corrected chi connectivity index (χ4v) is 2.20. The number of guanidine groups is 1. The van der Waals surface area contributed by atoms with Crippen molar-refractivity contribution in [1.82, 2.24) is 25.4 Å². The number of methoxy groups -OCH3 is 1. The molecule has 1 aromatic heterocycles. The van der Waals surface area contributed by atoms with Gasteiger partial charge in [-0.15, -0.1) is 24.0 Å². The lowest BCUT2D eigenvalue weighted by Gasteiger charge is -2.12. The number of phenolic OH excluding ortho intramolecular Hbond substituents is 1. The third-order valence-corrected chi connectivity index (χ3v) is 3.52. The first-order chi connectivity index (χ1) is 11.7. The predicted molar refractivity (Wildman–Crippen MR) is 108 cm³/mol. The van der Waals surface area contributed by atoms with Crippen LogP contribution in [0.4, 0.5) is 0 Å². The Bertz CT molecular complexity index is 689. The van der Waals surface area contributed by atoms with Crippen LogP contribution in [0, 0.1) is 0 Å². The quantitative estimate of drug-likeness (QED) is 0.329. The molecule has 0 aliphatic heterocycles. The largest absolute Gasteiger partial charge is 0.504 e. The highest BCUT2D eigenvalue weighted by atomic mass is 127. The number of nitrogens with one attached hydrogen (secondary N) is 2. The number of aromatic nitrogens is 3. The van der Waals surface area contributed by atoms with E-state index in [-0.39, 0.29) is 29.7 Å². The summed E-state index contributed by atoms with van der Waals surface area (Å²) in [5, 5.41) is 20.6. The Morgan fingerprint density at radius 3 is 2.80 bits per heavy atom. The molecule has 1 heterocycles. The van der Waals surface area contributed by atoms with E-state index >= 15 is 0 Å². The summed E-state index contributed by atoms with van der Waals surface area (Å²) in [4.78, 5) is 8.64. The van der Waals surface area contributed by atoms with Crippen LogP contribution in [0.15, 0.2) is 29.5 Å². The number of nitrogens with zero attached hydrogens (tertiary/aromatic N) is 4. The van der Waals surface area contributed by atoms with Crippen LogP contribution in [0.2, 0.25) is 0 Å². The van der Waals surface area contributed by atoms with E-state index in [0.717, 1.165) is 17.9 Å². The van der Waals surface area contributed by atoms with Gasteiger partial charge < -0.3 is 20.5 Å². The first kappa shape index (κ1) is 21.0. The molecule has 25 heavy (non-hydrogen) atoms. The number of ether oxygens (including phenoxy) is 1. The molecule has 9 heteroatoms. The van der Waals surface area contributed by atoms with E-state index in [4.69, 9.17) is 4.74 Å². The molecule has 0 radical (unpaired) electrons. The monoisotopic (exact) mass is 460 g/mol. The van der Waals surface area contributed by atoms with Gasteiger partial charge in [-0.3, -0.25) is 4.68 Å². The van der Waals surface area contributed by atoms with Crippen LogP contribution in [-0.2, 0) is 20.0 Å². The highest BCUT2D eigenvalue weighted by Gasteiger charge is 2.07. The molecular weight excluding hydrogens is 435 g/mol. The van der Waals surface area contributed by atoms with Crippen molar-refractivity contribution in [2.24, 2.45) is 12.0 Å². The average Bonchev–Trinajstić information content (AvgIpc) is 2.99. The fraction of sp³-hybridized carbons (Fsp3) is 0.438. The Morgan fingerprint density at radius 1 is 1.36 bits per heavy atom. The Kier molecular flexibility index (Phi) is 9.03. The van der Waals surface area contributed by atoms with Crippen LogP contribution in [0.5, 0.6) is 11.5 Å². The van der Waals surface area contributed by atoms with Gasteiger partial charge in [0.2, 0.25) is 0 Å². The van der Waals surface area contributed by atoms with E-state index in [9.17, 15) is 5.11 Å². The second-order valence-electron chi connectivity index (χ2n) is 5.14. The van der Waals surface area contributed by atoms with Crippen LogP contribution in [0.25, 0.3) is 0 Å². The van der Waals surface area contributed by atoms with E-state index in [1.165, 1.54) is 6.33 Å². The zero-order valence-electron chi connectivity index (χ0n) is 14.7. The lowest BCUT2D eigenvalue weighted by Crippen LogP contribution is -2.38. The van der Waals surface area contributed by atoms with Gasteiger partial charge in [-0.1, -0.05) is 12.1 Å². The van der Waals surface area contributed by atoms with Crippen molar-refractivity contribution in [2.75, 3.05) is 20.2 Å². The summed E-state index contributed by atoms with van der Waals surface area (Å²) < 4.78 is 6.82. The highest BCUT2D eigenvalue weighted by molar-refractivity contribution is 14.0. The van der Waals surface area contributed by atoms with Crippen LogP contribution >= 0.6 is 24.0 Å². The highest BCUT2D eigenvalue weighted by Crippen LogP contribution is 2.29. The minimum Gasteiger partial charge on any atom is -0.504 e. The predicted octanol–water partition coefficient (Wildman–Crippen LogP) is 1.45. The second kappa shape index (κ2) is 10.7. The molecule has 0 saturated carbocycles. The maximum Gasteiger partial charge on any atom is 0.191 e. The van der Waals surface area contributed by atoms with Crippen molar-refractivity contribution >= 4 is 29.9 Å². The Balaban J connectivity index is 0.00000312. The molecule has 0 spiro atoms. The van der Waals surface area contributed by atoms with Gasteiger partial charge in [0.25, 0.3) is 0 Å². The molecular formula is C16H25IN6O2. The minimum absolute atomic E-state index is 0. The third-order valence-electron chi connectivity index (χ3n) is 3.52. The molecule has 3 N–H and O–H groups in total. The summed E-state index contributed by atoms with van der Waals surface area (Å²) in [6.07, 6.45) is 2.16. The maximum atomic E-state index is 10.1. The van der Waals surface area contributed by atoms with Gasteiger partial charge in [0.15, 0.2) is 17.5 Å². The smallest absolute Gasteiger partial charge is 0.191 e. The zero-order chi connectivity index (χ0) is 17.4. The molecule has 0 aliphatic rings. The Hall–Kier alpha value is -2.04. The Morgan fingerprint density at radius 2 is 2.16 bits per heavy atom. The van der Waals surface area contributed by atoms with Gasteiger partial charge in [0.1, 0.15) is 18.7 Å². The molecule has 0 atom stereocenters. The van der Waals surface area contributed by atoms with Crippen molar-refractivity contribution < 1.29 is 9.84 Å². The number of halogens is 1. The fourth-order valence-electron chi connectivity index (χ4n) is 2.20. The Labute approximate surface area is 164 Å². The molecule has 2 rings (SSSR count). The average molecular weight is 460 g/mol. The summed E-state index contributed by atoms with van der Waals surface area (Å²) in [6.45, 7) is 3.84. The number of aliphatic imine (C=N–C) groups is 1. The second-order valence-corrected chi connectivity index (χ2v) is 5.14. The summed E-state index contributed by atoms with van der Waals surface area (Å²) in [7, 11) is 3.38. The lowest BCUT2D eigenvalue weighted by atomic mass is 10.1. The summed E-state index contributed by atoms with van der Waals surface area (Å²) >= 11 is 0. The standard InChI is InChI=1S/C16H24N6O2.HI/c1-4-17-16(19-10-14-20-11-21-22(14)2)18-9-8-12-6-5-7-13(24-3)15(12)23;/h5-7,11,23H,4,8-10H2,1-3H3,(H2,17,18,19);1H. The van der Waals surface area contributed by atoms with Crippen molar-refractivity contribution in [2.45, 2.75) is 19.9 Å². The van der Waals surface area contributed by atoms with E-state index in [1.807, 2.05) is 26.1 Å². The molecule has 0 aliphatic carbocycles. The molecule has 0 amide bonds. The van der Waals surface area contributed by atoms with E-state index < -0.39 is 0 Å². The summed E-state index contributed by atoms with van der Waals surface area (Å²) in [5.41, 5.74) is 0.825. The number of aryl methyl sites for hydroxylation is 1. The van der Waals surface area contributed by atoms with Crippen LogP contribution in [0.1, 0.15) is 18.3 Å². The van der Waals surface area contributed by atoms with Crippen LogP contribution in [-0.4, -0.2) is 46.0 Å². The van der Waals surface area contributed by atoms with E-state index in [0.29, 0.717) is 31.2 Å². The number of rotatable bonds is 7. The van der Waals surface area contributed by atoms with Gasteiger partial charge in [0.05, 0.1) is 7.11 Å². The van der Waals surface area contributed by atoms with Gasteiger partial charge >= 0.3 is 0 Å². The minimum atomic E-state index is 0. The normalized spacial score (nSPS) is 10.9. The van der Waals surface area contributed by atoms with Gasteiger partial charge in [-0.2, -0.15) is 5.10 Å². The number of hydrogen-bond acceptors (Lipinski definition) is 5. The maximum absolute atomic E-state index is 10.1. The summed E-state index contributed by atoms with van der Waals surface area (Å²) in [5.74, 6) is 2.15. The topological polar surface area (TPSA) is 96.6 Å². The molecule has 0 saturated heterocycles. The zero-order valence-corrected chi connectivity index (χ0v) is 17.0. The van der Waals surface area contributed by atoms with Gasteiger partial charge in [-0.25, -0.2) is 9.98 Å². The molecule has 8 nitrogen and oxygen atoms in total. The summed E-state index contributed by atoms with van der Waals surface area (Å²) in [6, 6.07) is 5.48. The first-order valence-electron chi connectivity index (χ1n) is 7.85. The van der Waals surface area contributed by atoms with Gasteiger partial charge in [-0.05, 0) is 25.0 Å². The van der Waals surface area contributed by atoms with Crippen molar-refractivity contribution in [1.29, 1.82) is 0 Å². The molecule has 1 aromatic carbocycles. The number of para-hydroxylation sites is 1. The van der Waals surface area contributed by atoms with Gasteiger partial charge in [0, 0.05) is 20.1 Å². The van der Waals surface area contributed by atoms with Crippen molar-refractivity contribution in [3.05, 3.63) is 35.9 Å². The van der Waals surface area contributed by atoms with Crippen molar-refractivity contribution in [3.8, 4) is 11.5 Å². The SMILES string of the molecule is CCNC(=NCc1ncnn1C)NCCc1cccc(OC)c1O.I. The van der Waals surface area contributed by atoms with E-state index in [2.05, 4.69) is 25.7 Å². The van der Waals surface area contributed by atoms with E-state index in [1.54, 1.807) is 17.9 Å². The number of benzene rings is 1.